The van der Waals surface area contributed by atoms with Gasteiger partial charge >= 0.3 is 0 Å². The van der Waals surface area contributed by atoms with Gasteiger partial charge in [-0.2, -0.15) is 0 Å². The van der Waals surface area contributed by atoms with Crippen LogP contribution < -0.4 is 11.1 Å². The van der Waals surface area contributed by atoms with Crippen LogP contribution in [0.25, 0.3) is 0 Å². The molecule has 2 unspecified atom stereocenters. The highest BCUT2D eigenvalue weighted by atomic mass is 35.5. The fraction of sp³-hybridized carbons (Fsp3) is 0.875. The minimum absolute atomic E-state index is 0. The predicted octanol–water partition coefficient (Wildman–Crippen LogP) is 1.79. The Kier molecular flexibility index (Phi) is 9.99. The van der Waals surface area contributed by atoms with Crippen LogP contribution in [0.2, 0.25) is 0 Å². The number of carbonyl (C=O) groups is 2. The number of carbonyl (C=O) groups excluding carboxylic acids is 2. The van der Waals surface area contributed by atoms with Gasteiger partial charge in [0.2, 0.25) is 11.8 Å². The average molecular weight is 364 g/mol. The van der Waals surface area contributed by atoms with Crippen LogP contribution in [0.5, 0.6) is 0 Å². The molecule has 134 valence electrons. The molecule has 0 aromatic rings. The number of nitrogens with two attached hydrogens (primary N) is 1. The summed E-state index contributed by atoms with van der Waals surface area (Å²) in [6, 6.07) is 0.227. The third kappa shape index (κ3) is 6.89. The normalized spacial score (nSPS) is 24.7. The molecule has 1 saturated heterocycles. The lowest BCUT2D eigenvalue weighted by molar-refractivity contribution is -0.129. The van der Waals surface area contributed by atoms with Crippen molar-refractivity contribution >= 4 is 36.0 Å². The fourth-order valence-corrected chi connectivity index (χ4v) is 4.12. The summed E-state index contributed by atoms with van der Waals surface area (Å²) in [6.07, 6.45) is 7.98. The molecular weight excluding hydrogens is 334 g/mol. The minimum Gasteiger partial charge on any atom is -0.352 e. The van der Waals surface area contributed by atoms with E-state index in [2.05, 4.69) is 5.32 Å². The lowest BCUT2D eigenvalue weighted by Crippen LogP contribution is -2.45. The van der Waals surface area contributed by atoms with Gasteiger partial charge < -0.3 is 16.0 Å². The molecule has 2 fully saturated rings. The molecule has 0 aromatic heterocycles. The molecule has 7 heteroatoms. The maximum atomic E-state index is 12.0. The number of nitrogens with one attached hydrogen (secondary N) is 1. The van der Waals surface area contributed by atoms with Crippen LogP contribution in [0.15, 0.2) is 0 Å². The highest BCUT2D eigenvalue weighted by Gasteiger charge is 2.25. The second-order valence-corrected chi connectivity index (χ2v) is 7.37. The van der Waals surface area contributed by atoms with Crippen molar-refractivity contribution in [1.82, 2.24) is 10.2 Å². The highest BCUT2D eigenvalue weighted by molar-refractivity contribution is 8.00. The number of rotatable bonds is 6. The number of halogens is 1. The number of nitrogens with zero attached hydrogens (tertiary/aromatic N) is 1. The first-order chi connectivity index (χ1) is 10.7. The molecule has 1 aliphatic carbocycles. The molecule has 23 heavy (non-hydrogen) atoms. The zero-order valence-electron chi connectivity index (χ0n) is 13.8. The maximum Gasteiger partial charge on any atom is 0.232 e. The van der Waals surface area contributed by atoms with Crippen LogP contribution in [-0.2, 0) is 9.59 Å². The molecule has 1 heterocycles. The van der Waals surface area contributed by atoms with E-state index < -0.39 is 0 Å². The van der Waals surface area contributed by atoms with Crippen molar-refractivity contribution in [3.8, 4) is 0 Å². The Morgan fingerprint density at radius 2 is 1.74 bits per heavy atom. The fourth-order valence-electron chi connectivity index (χ4n) is 3.39. The van der Waals surface area contributed by atoms with Crippen molar-refractivity contribution in [3.05, 3.63) is 0 Å². The van der Waals surface area contributed by atoms with E-state index in [-0.39, 0.29) is 30.3 Å². The van der Waals surface area contributed by atoms with Crippen LogP contribution in [0.3, 0.4) is 0 Å². The van der Waals surface area contributed by atoms with E-state index in [4.69, 9.17) is 5.73 Å². The smallest absolute Gasteiger partial charge is 0.232 e. The summed E-state index contributed by atoms with van der Waals surface area (Å²) < 4.78 is 0. The van der Waals surface area contributed by atoms with Crippen LogP contribution in [0.1, 0.15) is 44.9 Å². The van der Waals surface area contributed by atoms with Crippen molar-refractivity contribution in [2.45, 2.75) is 51.0 Å². The van der Waals surface area contributed by atoms with Gasteiger partial charge in [0, 0.05) is 19.1 Å². The second-order valence-electron chi connectivity index (χ2n) is 6.39. The van der Waals surface area contributed by atoms with Gasteiger partial charge in [-0.25, -0.2) is 0 Å². The molecule has 2 atom stereocenters. The third-order valence-corrected chi connectivity index (χ3v) is 5.64. The lowest BCUT2D eigenvalue weighted by Gasteiger charge is -2.31. The summed E-state index contributed by atoms with van der Waals surface area (Å²) in [6.45, 7) is 2.41. The quantitative estimate of drug-likeness (QED) is 0.754. The van der Waals surface area contributed by atoms with Crippen LogP contribution in [-0.4, -0.2) is 53.9 Å². The minimum atomic E-state index is 0. The van der Waals surface area contributed by atoms with Crippen molar-refractivity contribution < 1.29 is 9.59 Å². The number of piperidine rings is 1. The summed E-state index contributed by atoms with van der Waals surface area (Å²) in [5, 5.41) is 3.11. The lowest BCUT2D eigenvalue weighted by atomic mass is 9.84. The highest BCUT2D eigenvalue weighted by Crippen LogP contribution is 2.23. The van der Waals surface area contributed by atoms with E-state index in [1.807, 2.05) is 4.90 Å². The Bertz CT molecular complexity index is 378. The van der Waals surface area contributed by atoms with Crippen molar-refractivity contribution in [1.29, 1.82) is 0 Å². The molecule has 5 nitrogen and oxygen atoms in total. The van der Waals surface area contributed by atoms with Gasteiger partial charge in [0.1, 0.15) is 0 Å². The Balaban J connectivity index is 0.00000264. The first-order valence-corrected chi connectivity index (χ1v) is 9.71. The SMILES string of the molecule is Cl.NCC1CCCCC1NC(=O)CSCC(=O)N1CCCCC1. The first-order valence-electron chi connectivity index (χ1n) is 8.55. The second kappa shape index (κ2) is 11.2. The Labute approximate surface area is 149 Å². The topological polar surface area (TPSA) is 75.4 Å². The van der Waals surface area contributed by atoms with Gasteiger partial charge in [0.15, 0.2) is 0 Å². The number of amides is 2. The summed E-state index contributed by atoms with van der Waals surface area (Å²) >= 11 is 1.43. The number of hydrogen-bond donors (Lipinski definition) is 2. The average Bonchev–Trinajstić information content (AvgIpc) is 2.56. The molecule has 2 aliphatic rings. The molecule has 0 spiro atoms. The Hall–Kier alpha value is -0.460. The number of likely N-dealkylation sites (tertiary alicyclic amines) is 1. The number of thioether (sulfide) groups is 1. The summed E-state index contributed by atoms with van der Waals surface area (Å²) in [7, 11) is 0. The van der Waals surface area contributed by atoms with E-state index in [1.54, 1.807) is 0 Å². The van der Waals surface area contributed by atoms with Crippen molar-refractivity contribution in [2.75, 3.05) is 31.1 Å². The standard InChI is InChI=1S/C16H29N3O2S.ClH/c17-10-13-6-2-3-7-14(13)18-15(20)11-22-12-16(21)19-8-4-1-5-9-19;/h13-14H,1-12,17H2,(H,18,20);1H. The molecule has 1 aliphatic heterocycles. The zero-order chi connectivity index (χ0) is 15.8. The molecule has 0 bridgehead atoms. The van der Waals surface area contributed by atoms with Gasteiger partial charge in [-0.15, -0.1) is 24.2 Å². The van der Waals surface area contributed by atoms with Crippen LogP contribution in [0.4, 0.5) is 0 Å². The summed E-state index contributed by atoms with van der Waals surface area (Å²) in [5.41, 5.74) is 5.79. The maximum absolute atomic E-state index is 12.0. The van der Waals surface area contributed by atoms with Crippen LogP contribution in [0, 0.1) is 5.92 Å². The van der Waals surface area contributed by atoms with E-state index in [1.165, 1.54) is 31.0 Å². The van der Waals surface area contributed by atoms with Gasteiger partial charge in [-0.05, 0) is 44.6 Å². The Morgan fingerprint density at radius 3 is 2.43 bits per heavy atom. The van der Waals surface area contributed by atoms with E-state index >= 15 is 0 Å². The van der Waals surface area contributed by atoms with Gasteiger partial charge in [0.05, 0.1) is 11.5 Å². The zero-order valence-corrected chi connectivity index (χ0v) is 15.4. The Morgan fingerprint density at radius 1 is 1.04 bits per heavy atom. The van der Waals surface area contributed by atoms with E-state index in [0.717, 1.165) is 38.8 Å². The third-order valence-electron chi connectivity index (χ3n) is 4.73. The predicted molar refractivity (Wildman–Crippen MR) is 97.9 cm³/mol. The summed E-state index contributed by atoms with van der Waals surface area (Å²) in [5.74, 6) is 1.42. The summed E-state index contributed by atoms with van der Waals surface area (Å²) in [4.78, 5) is 26.0. The monoisotopic (exact) mass is 363 g/mol. The number of hydrogen-bond acceptors (Lipinski definition) is 4. The molecule has 1 saturated carbocycles. The van der Waals surface area contributed by atoms with Crippen LogP contribution >= 0.6 is 24.2 Å². The molecule has 2 rings (SSSR count). The van der Waals surface area contributed by atoms with Crippen molar-refractivity contribution in [2.24, 2.45) is 11.7 Å². The first kappa shape index (κ1) is 20.6. The molecule has 0 radical (unpaired) electrons. The van der Waals surface area contributed by atoms with E-state index in [0.29, 0.717) is 24.0 Å². The molecule has 3 N–H and O–H groups in total. The van der Waals surface area contributed by atoms with E-state index in [9.17, 15) is 9.59 Å². The van der Waals surface area contributed by atoms with Gasteiger partial charge in [-0.1, -0.05) is 12.8 Å². The molecule has 0 aromatic carbocycles. The van der Waals surface area contributed by atoms with Gasteiger partial charge in [-0.3, -0.25) is 9.59 Å². The molecular formula is C16H30ClN3O2S. The van der Waals surface area contributed by atoms with Gasteiger partial charge in [0.25, 0.3) is 0 Å². The molecule has 2 amide bonds. The van der Waals surface area contributed by atoms with Crippen molar-refractivity contribution in [3.63, 3.8) is 0 Å². The largest absolute Gasteiger partial charge is 0.352 e.